The highest BCUT2D eigenvalue weighted by Crippen LogP contribution is 2.23. The molecule has 0 aliphatic carbocycles. The van der Waals surface area contributed by atoms with Crippen LogP contribution in [0.1, 0.15) is 12.0 Å². The van der Waals surface area contributed by atoms with Gasteiger partial charge in [-0.3, -0.25) is 0 Å². The van der Waals surface area contributed by atoms with Gasteiger partial charge in [-0.25, -0.2) is 4.98 Å². The van der Waals surface area contributed by atoms with Crippen LogP contribution in [0.3, 0.4) is 0 Å². The first kappa shape index (κ1) is 10.0. The van der Waals surface area contributed by atoms with Crippen LogP contribution in [0.2, 0.25) is 10.2 Å². The van der Waals surface area contributed by atoms with Crippen molar-refractivity contribution < 1.29 is 0 Å². The maximum absolute atomic E-state index is 8.30. The molecule has 66 valence electrons. The fourth-order valence-electron chi connectivity index (χ4n) is 0.804. The van der Waals surface area contributed by atoms with E-state index >= 15 is 0 Å². The largest absolute Gasteiger partial charge is 0.244 e. The van der Waals surface area contributed by atoms with Crippen LogP contribution in [0.15, 0.2) is 18.3 Å². The van der Waals surface area contributed by atoms with Crippen molar-refractivity contribution in [1.82, 2.24) is 4.98 Å². The number of halogens is 2. The molecule has 0 saturated carbocycles. The Hall–Kier alpha value is -1.04. The first-order valence-electron chi connectivity index (χ1n) is 3.59. The number of nitrogens with zero attached hydrogens (tertiary/aromatic N) is 2. The summed E-state index contributed by atoms with van der Waals surface area (Å²) in [6.07, 6.45) is 5.25. The van der Waals surface area contributed by atoms with Crippen LogP contribution < -0.4 is 0 Å². The Balaban J connectivity index is 2.94. The summed E-state index contributed by atoms with van der Waals surface area (Å²) >= 11 is 11.6. The van der Waals surface area contributed by atoms with Crippen molar-refractivity contribution in [2.45, 2.75) is 6.42 Å². The van der Waals surface area contributed by atoms with Crippen LogP contribution in [0.4, 0.5) is 0 Å². The van der Waals surface area contributed by atoms with Crippen molar-refractivity contribution in [2.24, 2.45) is 0 Å². The molecule has 0 aliphatic rings. The summed E-state index contributed by atoms with van der Waals surface area (Å²) in [5, 5.41) is 9.19. The Labute approximate surface area is 86.4 Å². The molecule has 0 amide bonds. The maximum Gasteiger partial charge on any atom is 0.137 e. The molecule has 0 fully saturated rings. The monoisotopic (exact) mass is 212 g/mol. The summed E-state index contributed by atoms with van der Waals surface area (Å²) in [7, 11) is 0. The quantitative estimate of drug-likeness (QED) is 0.706. The number of allylic oxidation sites excluding steroid dienone is 1. The van der Waals surface area contributed by atoms with E-state index in [-0.39, 0.29) is 0 Å². The zero-order chi connectivity index (χ0) is 9.68. The number of hydrogen-bond donors (Lipinski definition) is 0. The molecular formula is C9H6Cl2N2. The van der Waals surface area contributed by atoms with E-state index in [4.69, 9.17) is 28.5 Å². The van der Waals surface area contributed by atoms with Crippen LogP contribution in [0.25, 0.3) is 6.08 Å². The van der Waals surface area contributed by atoms with Gasteiger partial charge in [0.05, 0.1) is 17.5 Å². The van der Waals surface area contributed by atoms with Gasteiger partial charge in [-0.2, -0.15) is 5.26 Å². The molecule has 0 atom stereocenters. The van der Waals surface area contributed by atoms with Gasteiger partial charge in [-0.1, -0.05) is 35.4 Å². The Kier molecular flexibility index (Phi) is 3.75. The van der Waals surface area contributed by atoms with Gasteiger partial charge in [0, 0.05) is 11.8 Å². The first-order valence-corrected chi connectivity index (χ1v) is 4.35. The van der Waals surface area contributed by atoms with Gasteiger partial charge in [0.1, 0.15) is 5.15 Å². The molecule has 1 aromatic heterocycles. The van der Waals surface area contributed by atoms with Gasteiger partial charge in [0.2, 0.25) is 0 Å². The van der Waals surface area contributed by atoms with Crippen molar-refractivity contribution >= 4 is 29.3 Å². The van der Waals surface area contributed by atoms with Gasteiger partial charge in [0.15, 0.2) is 0 Å². The van der Waals surface area contributed by atoms with Gasteiger partial charge in [-0.05, 0) is 6.07 Å². The molecule has 1 rings (SSSR count). The predicted molar refractivity (Wildman–Crippen MR) is 53.5 cm³/mol. The molecule has 0 radical (unpaired) electrons. The highest BCUT2D eigenvalue weighted by atomic mass is 35.5. The lowest BCUT2D eigenvalue weighted by molar-refractivity contribution is 1.31. The third kappa shape index (κ3) is 2.73. The minimum Gasteiger partial charge on any atom is -0.244 e. The summed E-state index contributed by atoms with van der Waals surface area (Å²) in [5.41, 5.74) is 0.654. The van der Waals surface area contributed by atoms with Gasteiger partial charge in [-0.15, -0.1) is 0 Å². The summed E-state index contributed by atoms with van der Waals surface area (Å²) in [6.45, 7) is 0. The van der Waals surface area contributed by atoms with E-state index in [1.807, 2.05) is 6.07 Å². The fraction of sp³-hybridized carbons (Fsp3) is 0.111. The van der Waals surface area contributed by atoms with Crippen LogP contribution in [-0.4, -0.2) is 4.98 Å². The van der Waals surface area contributed by atoms with Crippen molar-refractivity contribution in [3.05, 3.63) is 34.1 Å². The zero-order valence-corrected chi connectivity index (χ0v) is 8.18. The van der Waals surface area contributed by atoms with E-state index in [0.29, 0.717) is 22.2 Å². The lowest BCUT2D eigenvalue weighted by Crippen LogP contribution is -1.81. The van der Waals surface area contributed by atoms with E-state index < -0.39 is 0 Å². The van der Waals surface area contributed by atoms with Crippen LogP contribution in [0.5, 0.6) is 0 Å². The average Bonchev–Trinajstić information content (AvgIpc) is 2.10. The summed E-state index contributed by atoms with van der Waals surface area (Å²) in [4.78, 5) is 3.87. The molecule has 0 aliphatic heterocycles. The molecule has 1 aromatic rings. The van der Waals surface area contributed by atoms with Crippen LogP contribution in [0, 0.1) is 11.3 Å². The second kappa shape index (κ2) is 4.86. The molecule has 0 spiro atoms. The summed E-state index contributed by atoms with van der Waals surface area (Å²) in [6, 6.07) is 3.64. The molecule has 1 heterocycles. The summed E-state index contributed by atoms with van der Waals surface area (Å²) in [5.74, 6) is 0. The number of nitriles is 1. The number of hydrogen-bond acceptors (Lipinski definition) is 2. The highest BCUT2D eigenvalue weighted by Gasteiger charge is 2.01. The Morgan fingerprint density at radius 3 is 2.92 bits per heavy atom. The smallest absolute Gasteiger partial charge is 0.137 e. The molecule has 0 N–H and O–H groups in total. The minimum atomic E-state index is 0.335. The topological polar surface area (TPSA) is 36.7 Å². The van der Waals surface area contributed by atoms with Crippen LogP contribution >= 0.6 is 23.2 Å². The van der Waals surface area contributed by atoms with Crippen molar-refractivity contribution in [3.63, 3.8) is 0 Å². The van der Waals surface area contributed by atoms with Crippen molar-refractivity contribution in [1.29, 1.82) is 5.26 Å². The maximum atomic E-state index is 8.30. The molecule has 0 bridgehead atoms. The zero-order valence-electron chi connectivity index (χ0n) is 6.67. The van der Waals surface area contributed by atoms with E-state index in [1.165, 1.54) is 6.20 Å². The Bertz CT molecular complexity index is 346. The second-order valence-corrected chi connectivity index (χ2v) is 3.03. The molecule has 4 heteroatoms. The third-order valence-electron chi connectivity index (χ3n) is 1.38. The number of rotatable bonds is 2. The Morgan fingerprint density at radius 2 is 2.31 bits per heavy atom. The summed E-state index contributed by atoms with van der Waals surface area (Å²) < 4.78 is 0. The van der Waals surface area contributed by atoms with Crippen LogP contribution in [-0.2, 0) is 0 Å². The standard InChI is InChI=1S/C9H6Cl2N2/c10-8-4-6-13-9(11)7(8)3-1-2-5-12/h1,3-4,6H,2H2. The van der Waals surface area contributed by atoms with E-state index in [0.717, 1.165) is 0 Å². The van der Waals surface area contributed by atoms with Crippen molar-refractivity contribution in [2.75, 3.05) is 0 Å². The second-order valence-electron chi connectivity index (χ2n) is 2.26. The fourth-order valence-corrected chi connectivity index (χ4v) is 1.28. The normalized spacial score (nSPS) is 10.2. The van der Waals surface area contributed by atoms with E-state index in [2.05, 4.69) is 4.98 Å². The molecule has 0 saturated heterocycles. The van der Waals surface area contributed by atoms with E-state index in [9.17, 15) is 0 Å². The molecule has 2 nitrogen and oxygen atoms in total. The third-order valence-corrected chi connectivity index (χ3v) is 2.01. The minimum absolute atomic E-state index is 0.335. The number of aromatic nitrogens is 1. The predicted octanol–water partition coefficient (Wildman–Crippen LogP) is 3.32. The number of pyridine rings is 1. The molecule has 13 heavy (non-hydrogen) atoms. The average molecular weight is 213 g/mol. The van der Waals surface area contributed by atoms with E-state index in [1.54, 1.807) is 18.2 Å². The SMILES string of the molecule is N#CCC=Cc1c(Cl)ccnc1Cl. The van der Waals surface area contributed by atoms with Crippen molar-refractivity contribution in [3.8, 4) is 6.07 Å². The molecule has 0 aromatic carbocycles. The van der Waals surface area contributed by atoms with Gasteiger partial charge >= 0.3 is 0 Å². The Morgan fingerprint density at radius 1 is 1.54 bits per heavy atom. The lowest BCUT2D eigenvalue weighted by atomic mass is 10.2. The lowest BCUT2D eigenvalue weighted by Gasteiger charge is -1.98. The van der Waals surface area contributed by atoms with Gasteiger partial charge in [0.25, 0.3) is 0 Å². The van der Waals surface area contributed by atoms with Gasteiger partial charge < -0.3 is 0 Å². The first-order chi connectivity index (χ1) is 6.25. The highest BCUT2D eigenvalue weighted by molar-refractivity contribution is 6.36. The molecular weight excluding hydrogens is 207 g/mol. The molecule has 0 unspecified atom stereocenters.